The van der Waals surface area contributed by atoms with Crippen LogP contribution in [0.5, 0.6) is 0 Å². The van der Waals surface area contributed by atoms with Crippen LogP contribution in [0.15, 0.2) is 84.8 Å². The van der Waals surface area contributed by atoms with Crippen LogP contribution in [-0.2, 0) is 43.4 Å². The summed E-state index contributed by atoms with van der Waals surface area (Å²) in [5.41, 5.74) is 2.64. The van der Waals surface area contributed by atoms with Crippen molar-refractivity contribution in [2.24, 2.45) is 5.41 Å². The number of anilines is 2. The first-order chi connectivity index (χ1) is 24.5. The Labute approximate surface area is 300 Å². The van der Waals surface area contributed by atoms with Crippen molar-refractivity contribution in [1.82, 2.24) is 15.5 Å². The average molecular weight is 715 g/mol. The zero-order valence-electron chi connectivity index (χ0n) is 29.2. The lowest BCUT2D eigenvalue weighted by molar-refractivity contribution is -0.403. The van der Waals surface area contributed by atoms with E-state index in [0.29, 0.717) is 33.6 Å². The summed E-state index contributed by atoms with van der Waals surface area (Å²) in [5, 5.41) is 42.3. The largest absolute Gasteiger partial charge is 0.480 e. The van der Waals surface area contributed by atoms with Crippen molar-refractivity contribution in [2.45, 2.75) is 71.6 Å². The predicted octanol–water partition coefficient (Wildman–Crippen LogP) is 4.05. The van der Waals surface area contributed by atoms with Gasteiger partial charge in [-0.05, 0) is 51.9 Å². The number of fused-ring (bicyclic) bond motifs is 1. The monoisotopic (exact) mass is 714 g/mol. The highest BCUT2D eigenvalue weighted by Gasteiger charge is 2.39. The predicted molar refractivity (Wildman–Crippen MR) is 191 cm³/mol. The van der Waals surface area contributed by atoms with Crippen molar-refractivity contribution < 1.29 is 39.1 Å². The van der Waals surface area contributed by atoms with Crippen molar-refractivity contribution in [3.63, 3.8) is 0 Å². The number of amides is 3. The summed E-state index contributed by atoms with van der Waals surface area (Å²) in [6.07, 6.45) is 0.553. The van der Waals surface area contributed by atoms with Crippen LogP contribution in [0.3, 0.4) is 0 Å². The second-order valence-corrected chi connectivity index (χ2v) is 13.7. The molecule has 0 saturated heterocycles. The minimum Gasteiger partial charge on any atom is -0.480 e. The summed E-state index contributed by atoms with van der Waals surface area (Å²) in [4.78, 5) is 75.6. The third-order valence-corrected chi connectivity index (χ3v) is 8.21. The Kier molecular flexibility index (Phi) is 12.3. The van der Waals surface area contributed by atoms with Crippen LogP contribution in [-0.4, -0.2) is 61.8 Å². The third-order valence-electron chi connectivity index (χ3n) is 8.21. The van der Waals surface area contributed by atoms with Crippen molar-refractivity contribution in [1.29, 1.82) is 0 Å². The fourth-order valence-corrected chi connectivity index (χ4v) is 5.91. The van der Waals surface area contributed by atoms with E-state index < -0.39 is 52.7 Å². The summed E-state index contributed by atoms with van der Waals surface area (Å²) >= 11 is 0. The quantitative estimate of drug-likeness (QED) is 0.0974. The highest BCUT2D eigenvalue weighted by molar-refractivity contribution is 5.92. The van der Waals surface area contributed by atoms with E-state index in [-0.39, 0.29) is 37.0 Å². The third kappa shape index (κ3) is 10.6. The van der Waals surface area contributed by atoms with Crippen LogP contribution in [0, 0.1) is 15.5 Å². The van der Waals surface area contributed by atoms with Crippen LogP contribution < -0.4 is 21.3 Å². The number of nitrogens with zero attached hydrogens (tertiary/aromatic N) is 2. The maximum Gasteiger partial charge on any atom is 0.326 e. The van der Waals surface area contributed by atoms with Gasteiger partial charge in [0.25, 0.3) is 6.20 Å². The molecule has 1 aliphatic heterocycles. The second-order valence-electron chi connectivity index (χ2n) is 13.7. The van der Waals surface area contributed by atoms with Gasteiger partial charge < -0.3 is 36.4 Å². The number of nitrogens with one attached hydrogen (secondary N) is 4. The van der Waals surface area contributed by atoms with Crippen LogP contribution in [0.1, 0.15) is 62.4 Å². The summed E-state index contributed by atoms with van der Waals surface area (Å²) in [5.74, 6) is -4.13. The van der Waals surface area contributed by atoms with Gasteiger partial charge in [0.15, 0.2) is 5.82 Å². The zero-order valence-corrected chi connectivity index (χ0v) is 29.2. The smallest absolute Gasteiger partial charge is 0.326 e. The standard InChI is InChI=1S/C37H42N6O9/c1-22(44)42-20-25-16-27(39-31(21-43(51)52)38-26-12-6-5-7-13-26)14-15-28(25)33(42)34(46)41-30(36(49)50)18-24-11-9-8-10-23(24)17-29(35(47)48)40-32(45)19-37(2,3)4/h5-16,21,29-30,33,38-39H,17-20H2,1-4H3,(H,40,45)(H,41,46)(H,47,48)(H,49,50). The van der Waals surface area contributed by atoms with Crippen LogP contribution in [0.2, 0.25) is 0 Å². The Morgan fingerprint density at radius 3 is 1.96 bits per heavy atom. The normalized spacial score (nSPS) is 15.1. The lowest BCUT2D eigenvalue weighted by Crippen LogP contribution is -2.47. The topological polar surface area (TPSA) is 220 Å². The maximum absolute atomic E-state index is 13.8. The fraction of sp³-hybridized carbons (Fsp3) is 0.324. The van der Waals surface area contributed by atoms with Gasteiger partial charge in [0.1, 0.15) is 18.1 Å². The molecule has 3 aromatic carbocycles. The molecule has 6 N–H and O–H groups in total. The van der Waals surface area contributed by atoms with E-state index in [9.17, 15) is 44.3 Å². The molecule has 15 nitrogen and oxygen atoms in total. The van der Waals surface area contributed by atoms with Gasteiger partial charge in [0.2, 0.25) is 17.7 Å². The van der Waals surface area contributed by atoms with E-state index in [0.717, 1.165) is 6.20 Å². The number of carboxylic acid groups (broad SMARTS) is 2. The fourth-order valence-electron chi connectivity index (χ4n) is 5.91. The summed E-state index contributed by atoms with van der Waals surface area (Å²) in [7, 11) is 0. The number of carbonyl (C=O) groups excluding carboxylic acids is 3. The van der Waals surface area contributed by atoms with Crippen molar-refractivity contribution in [3.8, 4) is 0 Å². The molecule has 0 spiro atoms. The van der Waals surface area contributed by atoms with Crippen molar-refractivity contribution in [2.75, 3.05) is 10.6 Å². The summed E-state index contributed by atoms with van der Waals surface area (Å²) in [6.45, 7) is 6.88. The van der Waals surface area contributed by atoms with Gasteiger partial charge in [0, 0.05) is 44.1 Å². The molecule has 0 aromatic heterocycles. The first kappa shape index (κ1) is 38.6. The van der Waals surface area contributed by atoms with E-state index in [1.54, 1.807) is 72.8 Å². The molecule has 0 radical (unpaired) electrons. The summed E-state index contributed by atoms with van der Waals surface area (Å²) < 4.78 is 0. The molecule has 52 heavy (non-hydrogen) atoms. The molecule has 1 heterocycles. The Morgan fingerprint density at radius 1 is 0.865 bits per heavy atom. The first-order valence-corrected chi connectivity index (χ1v) is 16.5. The molecule has 3 aromatic rings. The second kappa shape index (κ2) is 16.6. The van der Waals surface area contributed by atoms with E-state index in [4.69, 9.17) is 0 Å². The molecule has 15 heteroatoms. The lowest BCUT2D eigenvalue weighted by atomic mass is 9.91. The van der Waals surface area contributed by atoms with Gasteiger partial charge in [-0.3, -0.25) is 24.5 Å². The number of hydrogen-bond donors (Lipinski definition) is 6. The Morgan fingerprint density at radius 2 is 1.42 bits per heavy atom. The highest BCUT2D eigenvalue weighted by Crippen LogP contribution is 2.36. The van der Waals surface area contributed by atoms with Gasteiger partial charge in [-0.25, -0.2) is 9.59 Å². The highest BCUT2D eigenvalue weighted by atomic mass is 16.6. The molecule has 4 rings (SSSR count). The molecular formula is C37H42N6O9. The van der Waals surface area contributed by atoms with E-state index in [1.807, 2.05) is 20.8 Å². The molecule has 0 bridgehead atoms. The number of nitro groups is 1. The molecule has 274 valence electrons. The number of carboxylic acids is 2. The van der Waals surface area contributed by atoms with Gasteiger partial charge in [-0.15, -0.1) is 0 Å². The Balaban J connectivity index is 1.53. The molecule has 3 unspecified atom stereocenters. The minimum absolute atomic E-state index is 0.0246. The molecule has 0 fully saturated rings. The number of hydrogen-bond acceptors (Lipinski definition) is 9. The van der Waals surface area contributed by atoms with Crippen molar-refractivity contribution >= 4 is 41.0 Å². The lowest BCUT2D eigenvalue weighted by Gasteiger charge is -2.25. The molecule has 0 saturated carbocycles. The van der Waals surface area contributed by atoms with E-state index >= 15 is 0 Å². The SMILES string of the molecule is CC(=O)N1Cc2cc(NC(=C[N+](=O)[O-])Nc3ccccc3)ccc2C1C(=O)NC(Cc1ccccc1CC(NC(=O)CC(C)(C)C)C(=O)O)C(=O)O. The van der Waals surface area contributed by atoms with E-state index in [2.05, 4.69) is 21.3 Å². The average Bonchev–Trinajstić information content (AvgIpc) is 3.43. The van der Waals surface area contributed by atoms with Gasteiger partial charge in [-0.2, -0.15) is 0 Å². The number of para-hydroxylation sites is 1. The Hall–Kier alpha value is -6.25. The van der Waals surface area contributed by atoms with Crippen LogP contribution in [0.25, 0.3) is 0 Å². The number of aliphatic carboxylic acids is 2. The van der Waals surface area contributed by atoms with Gasteiger partial charge >= 0.3 is 11.9 Å². The Bertz CT molecular complexity index is 1870. The first-order valence-electron chi connectivity index (χ1n) is 16.5. The van der Waals surface area contributed by atoms with Crippen LogP contribution in [0.4, 0.5) is 11.4 Å². The molecule has 1 aliphatic rings. The number of rotatable bonds is 15. The molecule has 0 aliphatic carbocycles. The molecular weight excluding hydrogens is 672 g/mol. The summed E-state index contributed by atoms with van der Waals surface area (Å²) in [6, 6.07) is 16.3. The number of carbonyl (C=O) groups is 5. The zero-order chi connectivity index (χ0) is 38.2. The maximum atomic E-state index is 13.8. The van der Waals surface area contributed by atoms with Crippen LogP contribution >= 0.6 is 0 Å². The van der Waals surface area contributed by atoms with Crippen molar-refractivity contribution in [3.05, 3.63) is 117 Å². The van der Waals surface area contributed by atoms with E-state index in [1.165, 1.54) is 11.8 Å². The molecule has 3 amide bonds. The minimum atomic E-state index is -1.45. The molecule has 3 atom stereocenters. The number of benzene rings is 3. The van der Waals surface area contributed by atoms with Gasteiger partial charge in [-0.1, -0.05) is 69.3 Å². The van der Waals surface area contributed by atoms with Gasteiger partial charge in [0.05, 0.1) is 4.92 Å².